The maximum Gasteiger partial charge on any atom is 0.0940 e. The molecule has 2 heteroatoms. The van der Waals surface area contributed by atoms with Crippen LogP contribution in [-0.2, 0) is 0 Å². The van der Waals surface area contributed by atoms with E-state index in [2.05, 4.69) is 44.5 Å². The molecule has 1 aliphatic heterocycles. The smallest absolute Gasteiger partial charge is 0.0940 e. The van der Waals surface area contributed by atoms with Gasteiger partial charge in [0.1, 0.15) is 0 Å². The van der Waals surface area contributed by atoms with Gasteiger partial charge in [-0.25, -0.2) is 0 Å². The molecule has 0 atom stereocenters. The highest BCUT2D eigenvalue weighted by molar-refractivity contribution is 4.99. The van der Waals surface area contributed by atoms with Gasteiger partial charge in [-0.2, -0.15) is 0 Å². The average molecular weight is 212 g/mol. The van der Waals surface area contributed by atoms with Crippen LogP contribution >= 0.6 is 0 Å². The summed E-state index contributed by atoms with van der Waals surface area (Å²) in [5, 5.41) is 3.34. The van der Waals surface area contributed by atoms with Gasteiger partial charge in [0.05, 0.1) is 5.82 Å². The minimum atomic E-state index is 0.491. The van der Waals surface area contributed by atoms with Crippen molar-refractivity contribution in [2.75, 3.05) is 13.1 Å². The van der Waals surface area contributed by atoms with Crippen molar-refractivity contribution in [3.8, 4) is 0 Å². The number of nitrogens with one attached hydrogen (secondary N) is 1. The van der Waals surface area contributed by atoms with Crippen molar-refractivity contribution >= 4 is 0 Å². The second-order valence-electron chi connectivity index (χ2n) is 4.65. The Morgan fingerprint density at radius 2 is 1.67 bits per heavy atom. The van der Waals surface area contributed by atoms with Gasteiger partial charge in [-0.05, 0) is 25.7 Å². The third-order valence-corrected chi connectivity index (χ3v) is 2.69. The van der Waals surface area contributed by atoms with E-state index in [0.29, 0.717) is 6.04 Å². The third-order valence-electron chi connectivity index (χ3n) is 2.69. The normalized spacial score (nSPS) is 15.9. The quantitative estimate of drug-likeness (QED) is 0.770. The van der Waals surface area contributed by atoms with Gasteiger partial charge >= 0.3 is 0 Å². The van der Waals surface area contributed by atoms with E-state index in [1.165, 1.54) is 13.1 Å². The summed E-state index contributed by atoms with van der Waals surface area (Å²) < 4.78 is 0. The summed E-state index contributed by atoms with van der Waals surface area (Å²) in [4.78, 5) is 2.32. The van der Waals surface area contributed by atoms with Crippen LogP contribution in [0.15, 0.2) is 12.4 Å². The highest BCUT2D eigenvalue weighted by Crippen LogP contribution is 2.25. The molecule has 1 saturated heterocycles. The van der Waals surface area contributed by atoms with Crippen LogP contribution < -0.4 is 5.32 Å². The van der Waals surface area contributed by atoms with E-state index in [9.17, 15) is 0 Å². The standard InChI is InChI=1S/C11H22N2.C2H6/c1-8(2)11-6-13(7-11)10(5)12-9(3)4;1-2/h8-9,11-12H,5-7H2,1-4H3;1-2H3. The molecule has 90 valence electrons. The predicted octanol–water partition coefficient (Wildman–Crippen LogP) is 3.07. The second-order valence-corrected chi connectivity index (χ2v) is 4.65. The van der Waals surface area contributed by atoms with Gasteiger partial charge in [0.2, 0.25) is 0 Å². The first-order valence-electron chi connectivity index (χ1n) is 6.21. The molecule has 1 fully saturated rings. The summed E-state index contributed by atoms with van der Waals surface area (Å²) in [6.45, 7) is 19.3. The fraction of sp³-hybridized carbons (Fsp3) is 0.846. The van der Waals surface area contributed by atoms with Crippen LogP contribution in [0, 0.1) is 11.8 Å². The molecule has 15 heavy (non-hydrogen) atoms. The zero-order chi connectivity index (χ0) is 12.0. The fourth-order valence-electron chi connectivity index (χ4n) is 1.58. The molecule has 0 aromatic heterocycles. The van der Waals surface area contributed by atoms with E-state index in [1.807, 2.05) is 13.8 Å². The molecule has 0 bridgehead atoms. The SMILES string of the molecule is C=C(NC(C)C)N1CC(C(C)C)C1.CC. The van der Waals surface area contributed by atoms with E-state index in [4.69, 9.17) is 0 Å². The van der Waals surface area contributed by atoms with Crippen molar-refractivity contribution in [2.24, 2.45) is 11.8 Å². The topological polar surface area (TPSA) is 15.3 Å². The summed E-state index contributed by atoms with van der Waals surface area (Å²) in [6.07, 6.45) is 0. The molecule has 0 aliphatic carbocycles. The van der Waals surface area contributed by atoms with Gasteiger partial charge in [-0.15, -0.1) is 0 Å². The molecule has 0 spiro atoms. The maximum absolute atomic E-state index is 4.03. The molecule has 1 aliphatic rings. The summed E-state index contributed by atoms with van der Waals surface area (Å²) in [7, 11) is 0. The van der Waals surface area contributed by atoms with E-state index >= 15 is 0 Å². The van der Waals surface area contributed by atoms with Crippen molar-refractivity contribution in [3.63, 3.8) is 0 Å². The molecule has 1 N–H and O–H groups in total. The molecule has 1 heterocycles. The highest BCUT2D eigenvalue weighted by atomic mass is 15.3. The van der Waals surface area contributed by atoms with Crippen LogP contribution in [0.3, 0.4) is 0 Å². The first-order valence-corrected chi connectivity index (χ1v) is 6.21. The van der Waals surface area contributed by atoms with Crippen molar-refractivity contribution in [2.45, 2.75) is 47.6 Å². The Labute approximate surface area is 95.7 Å². The van der Waals surface area contributed by atoms with Crippen LogP contribution in [0.4, 0.5) is 0 Å². The Morgan fingerprint density at radius 1 is 1.20 bits per heavy atom. The molecule has 0 unspecified atom stereocenters. The van der Waals surface area contributed by atoms with Crippen molar-refractivity contribution < 1.29 is 0 Å². The van der Waals surface area contributed by atoms with Gasteiger partial charge in [0.15, 0.2) is 0 Å². The van der Waals surface area contributed by atoms with E-state index in [-0.39, 0.29) is 0 Å². The lowest BCUT2D eigenvalue weighted by atomic mass is 9.88. The maximum atomic E-state index is 4.03. The Kier molecular flexibility index (Phi) is 6.46. The zero-order valence-corrected chi connectivity index (χ0v) is 11.3. The van der Waals surface area contributed by atoms with E-state index in [0.717, 1.165) is 17.7 Å². The summed E-state index contributed by atoms with van der Waals surface area (Å²) >= 11 is 0. The zero-order valence-electron chi connectivity index (χ0n) is 11.3. The van der Waals surface area contributed by atoms with E-state index in [1.54, 1.807) is 0 Å². The Bertz CT molecular complexity index is 179. The summed E-state index contributed by atoms with van der Waals surface area (Å²) in [5.74, 6) is 2.76. The fourth-order valence-corrected chi connectivity index (χ4v) is 1.58. The third kappa shape index (κ3) is 4.59. The Hall–Kier alpha value is -0.660. The summed E-state index contributed by atoms with van der Waals surface area (Å²) in [5.41, 5.74) is 0. The monoisotopic (exact) mass is 212 g/mol. The van der Waals surface area contributed by atoms with Crippen molar-refractivity contribution in [1.29, 1.82) is 0 Å². The van der Waals surface area contributed by atoms with Crippen LogP contribution in [0.25, 0.3) is 0 Å². The van der Waals surface area contributed by atoms with Crippen LogP contribution in [0.2, 0.25) is 0 Å². The number of hydrogen-bond donors (Lipinski definition) is 1. The molecule has 0 amide bonds. The van der Waals surface area contributed by atoms with Gasteiger partial charge < -0.3 is 10.2 Å². The first kappa shape index (κ1) is 14.3. The van der Waals surface area contributed by atoms with Crippen molar-refractivity contribution in [3.05, 3.63) is 12.4 Å². The van der Waals surface area contributed by atoms with E-state index < -0.39 is 0 Å². The lowest BCUT2D eigenvalue weighted by Gasteiger charge is -2.44. The minimum absolute atomic E-state index is 0.491. The Balaban J connectivity index is 0.000000921. The van der Waals surface area contributed by atoms with Gasteiger partial charge in [0.25, 0.3) is 0 Å². The lowest BCUT2D eigenvalue weighted by molar-refractivity contribution is 0.0949. The Morgan fingerprint density at radius 3 is 2.00 bits per heavy atom. The van der Waals surface area contributed by atoms with Crippen LogP contribution in [0.5, 0.6) is 0 Å². The van der Waals surface area contributed by atoms with Gasteiger partial charge in [0, 0.05) is 19.1 Å². The lowest BCUT2D eigenvalue weighted by Crippen LogP contribution is -2.51. The molecular weight excluding hydrogens is 184 g/mol. The first-order chi connectivity index (χ1) is 7.00. The average Bonchev–Trinajstić information content (AvgIpc) is 2.02. The van der Waals surface area contributed by atoms with Gasteiger partial charge in [-0.1, -0.05) is 34.3 Å². The highest BCUT2D eigenvalue weighted by Gasteiger charge is 2.29. The summed E-state index contributed by atoms with van der Waals surface area (Å²) in [6, 6.07) is 0.491. The molecule has 2 nitrogen and oxygen atoms in total. The molecule has 0 aromatic carbocycles. The predicted molar refractivity (Wildman–Crippen MR) is 68.7 cm³/mol. The number of nitrogens with zero attached hydrogens (tertiary/aromatic N) is 1. The molecular formula is C13H28N2. The number of hydrogen-bond acceptors (Lipinski definition) is 2. The largest absolute Gasteiger partial charge is 0.370 e. The molecule has 0 aromatic rings. The van der Waals surface area contributed by atoms with Gasteiger partial charge in [-0.3, -0.25) is 0 Å². The molecule has 0 saturated carbocycles. The number of rotatable bonds is 4. The minimum Gasteiger partial charge on any atom is -0.370 e. The number of likely N-dealkylation sites (tertiary alicyclic amines) is 1. The molecule has 0 radical (unpaired) electrons. The molecule has 1 rings (SSSR count). The second kappa shape index (κ2) is 6.76. The van der Waals surface area contributed by atoms with Crippen molar-refractivity contribution in [1.82, 2.24) is 10.2 Å². The van der Waals surface area contributed by atoms with Crippen LogP contribution in [0.1, 0.15) is 41.5 Å². The van der Waals surface area contributed by atoms with Crippen LogP contribution in [-0.4, -0.2) is 24.0 Å².